The molecule has 148 valence electrons. The molecule has 0 spiro atoms. The number of ether oxygens (including phenoxy) is 1. The SMILES string of the molecule is CC(=O)Nc1ccc(NC(=O)COC(=O)c2c(NC(C)=O)sc(C)c2C)cc1. The van der Waals surface area contributed by atoms with Crippen LogP contribution >= 0.6 is 11.3 Å². The summed E-state index contributed by atoms with van der Waals surface area (Å²) < 4.78 is 5.10. The molecule has 0 bridgehead atoms. The Bertz CT molecular complexity index is 918. The lowest BCUT2D eigenvalue weighted by atomic mass is 10.1. The molecule has 8 nitrogen and oxygen atoms in total. The Kier molecular flexibility index (Phi) is 6.89. The number of hydrogen-bond acceptors (Lipinski definition) is 6. The largest absolute Gasteiger partial charge is 0.452 e. The molecule has 0 saturated carbocycles. The smallest absolute Gasteiger partial charge is 0.341 e. The lowest BCUT2D eigenvalue weighted by molar-refractivity contribution is -0.119. The Morgan fingerprint density at radius 2 is 1.43 bits per heavy atom. The molecule has 0 aliphatic carbocycles. The Morgan fingerprint density at radius 3 is 1.96 bits per heavy atom. The van der Waals surface area contributed by atoms with Crippen molar-refractivity contribution in [1.29, 1.82) is 0 Å². The van der Waals surface area contributed by atoms with Crippen LogP contribution in [0.5, 0.6) is 0 Å². The van der Waals surface area contributed by atoms with E-state index in [0.717, 1.165) is 4.88 Å². The number of anilines is 3. The molecule has 1 aromatic heterocycles. The van der Waals surface area contributed by atoms with E-state index in [1.165, 1.54) is 25.2 Å². The van der Waals surface area contributed by atoms with Crippen LogP contribution in [0.2, 0.25) is 0 Å². The lowest BCUT2D eigenvalue weighted by Crippen LogP contribution is -2.21. The molecule has 1 aromatic carbocycles. The van der Waals surface area contributed by atoms with Crippen LogP contribution in [0, 0.1) is 13.8 Å². The van der Waals surface area contributed by atoms with Gasteiger partial charge >= 0.3 is 5.97 Å². The zero-order valence-electron chi connectivity index (χ0n) is 16.0. The summed E-state index contributed by atoms with van der Waals surface area (Å²) in [6, 6.07) is 6.51. The molecular formula is C19H21N3O5S. The summed E-state index contributed by atoms with van der Waals surface area (Å²) in [5, 5.41) is 8.23. The van der Waals surface area contributed by atoms with Crippen LogP contribution in [-0.2, 0) is 19.1 Å². The third-order valence-electron chi connectivity index (χ3n) is 3.70. The van der Waals surface area contributed by atoms with Gasteiger partial charge in [-0.2, -0.15) is 0 Å². The molecule has 9 heteroatoms. The molecule has 2 aromatic rings. The van der Waals surface area contributed by atoms with Crippen molar-refractivity contribution in [3.05, 3.63) is 40.3 Å². The maximum atomic E-state index is 12.4. The molecular weight excluding hydrogens is 382 g/mol. The van der Waals surface area contributed by atoms with Gasteiger partial charge in [0.05, 0.1) is 5.56 Å². The number of thiophene rings is 1. The second kappa shape index (κ2) is 9.14. The van der Waals surface area contributed by atoms with Crippen molar-refractivity contribution in [2.45, 2.75) is 27.7 Å². The molecule has 3 amide bonds. The van der Waals surface area contributed by atoms with Crippen LogP contribution in [0.25, 0.3) is 0 Å². The van der Waals surface area contributed by atoms with Crippen molar-refractivity contribution in [2.24, 2.45) is 0 Å². The van der Waals surface area contributed by atoms with Gasteiger partial charge in [-0.05, 0) is 43.7 Å². The van der Waals surface area contributed by atoms with E-state index in [4.69, 9.17) is 4.74 Å². The van der Waals surface area contributed by atoms with Crippen LogP contribution in [-0.4, -0.2) is 30.3 Å². The summed E-state index contributed by atoms with van der Waals surface area (Å²) >= 11 is 1.28. The molecule has 0 atom stereocenters. The number of rotatable bonds is 6. The van der Waals surface area contributed by atoms with E-state index in [-0.39, 0.29) is 17.4 Å². The monoisotopic (exact) mass is 403 g/mol. The minimum absolute atomic E-state index is 0.193. The Hall–Kier alpha value is -3.20. The van der Waals surface area contributed by atoms with Gasteiger partial charge in [0.2, 0.25) is 11.8 Å². The fraction of sp³-hybridized carbons (Fsp3) is 0.263. The van der Waals surface area contributed by atoms with Crippen molar-refractivity contribution < 1.29 is 23.9 Å². The predicted octanol–water partition coefficient (Wildman–Crippen LogP) is 3.08. The number of carbonyl (C=O) groups excluding carboxylic acids is 4. The first-order valence-electron chi connectivity index (χ1n) is 8.39. The van der Waals surface area contributed by atoms with Crippen molar-refractivity contribution >= 4 is 51.4 Å². The van der Waals surface area contributed by atoms with E-state index in [9.17, 15) is 19.2 Å². The number of amides is 3. The number of hydrogen-bond donors (Lipinski definition) is 3. The predicted molar refractivity (Wildman–Crippen MR) is 108 cm³/mol. The molecule has 0 saturated heterocycles. The highest BCUT2D eigenvalue weighted by Gasteiger charge is 2.22. The van der Waals surface area contributed by atoms with Gasteiger partial charge in [0, 0.05) is 30.1 Å². The van der Waals surface area contributed by atoms with Gasteiger partial charge in [-0.1, -0.05) is 0 Å². The van der Waals surface area contributed by atoms with Crippen molar-refractivity contribution in [1.82, 2.24) is 0 Å². The molecule has 0 aliphatic rings. The number of carbonyl (C=O) groups is 4. The van der Waals surface area contributed by atoms with Gasteiger partial charge in [-0.3, -0.25) is 14.4 Å². The number of esters is 1. The topological polar surface area (TPSA) is 114 Å². The molecule has 0 unspecified atom stereocenters. The minimum atomic E-state index is -0.679. The highest BCUT2D eigenvalue weighted by atomic mass is 32.1. The maximum Gasteiger partial charge on any atom is 0.341 e. The minimum Gasteiger partial charge on any atom is -0.452 e. The zero-order chi connectivity index (χ0) is 20.8. The maximum absolute atomic E-state index is 12.4. The van der Waals surface area contributed by atoms with Crippen LogP contribution in [0.4, 0.5) is 16.4 Å². The zero-order valence-corrected chi connectivity index (χ0v) is 16.8. The molecule has 28 heavy (non-hydrogen) atoms. The lowest BCUT2D eigenvalue weighted by Gasteiger charge is -2.09. The summed E-state index contributed by atoms with van der Waals surface area (Å²) in [5.41, 5.74) is 2.06. The first-order chi connectivity index (χ1) is 13.2. The standard InChI is InChI=1S/C19H21N3O5S/c1-10-11(2)28-18(21-13(4)24)17(10)19(26)27-9-16(25)22-15-7-5-14(6-8-15)20-12(3)23/h5-8H,9H2,1-4H3,(H,20,23)(H,21,24)(H,22,25). The molecule has 0 radical (unpaired) electrons. The Balaban J connectivity index is 1.96. The number of nitrogens with one attached hydrogen (secondary N) is 3. The van der Waals surface area contributed by atoms with Crippen LogP contribution in [0.15, 0.2) is 24.3 Å². The van der Waals surface area contributed by atoms with Crippen molar-refractivity contribution in [3.63, 3.8) is 0 Å². The van der Waals surface area contributed by atoms with E-state index in [2.05, 4.69) is 16.0 Å². The summed E-state index contributed by atoms with van der Waals surface area (Å²) in [7, 11) is 0. The second-order valence-electron chi connectivity index (χ2n) is 6.05. The average Bonchev–Trinajstić information content (AvgIpc) is 2.87. The summed E-state index contributed by atoms with van der Waals surface area (Å²) in [6.45, 7) is 5.87. The Labute approximate surface area is 166 Å². The van der Waals surface area contributed by atoms with E-state index in [1.807, 2.05) is 6.92 Å². The van der Waals surface area contributed by atoms with Gasteiger partial charge < -0.3 is 20.7 Å². The van der Waals surface area contributed by atoms with Crippen LogP contribution < -0.4 is 16.0 Å². The fourth-order valence-corrected chi connectivity index (χ4v) is 3.46. The number of benzene rings is 1. The van der Waals surface area contributed by atoms with Gasteiger partial charge in [-0.25, -0.2) is 4.79 Å². The summed E-state index contributed by atoms with van der Waals surface area (Å²) in [5.74, 6) is -1.68. The molecule has 2 rings (SSSR count). The quantitative estimate of drug-likeness (QED) is 0.642. The van der Waals surface area contributed by atoms with Gasteiger partial charge in [-0.15, -0.1) is 11.3 Å². The highest BCUT2D eigenvalue weighted by Crippen LogP contribution is 2.33. The molecule has 1 heterocycles. The first kappa shape index (κ1) is 21.1. The molecule has 3 N–H and O–H groups in total. The fourth-order valence-electron chi connectivity index (χ4n) is 2.36. The third kappa shape index (κ3) is 5.65. The molecule has 0 fully saturated rings. The normalized spacial score (nSPS) is 10.1. The van der Waals surface area contributed by atoms with E-state index in [1.54, 1.807) is 31.2 Å². The first-order valence-corrected chi connectivity index (χ1v) is 9.21. The highest BCUT2D eigenvalue weighted by molar-refractivity contribution is 7.16. The summed E-state index contributed by atoms with van der Waals surface area (Å²) in [4.78, 5) is 47.6. The number of aryl methyl sites for hydroxylation is 1. The van der Waals surface area contributed by atoms with Gasteiger partial charge in [0.15, 0.2) is 6.61 Å². The van der Waals surface area contributed by atoms with E-state index < -0.39 is 18.5 Å². The van der Waals surface area contributed by atoms with Crippen molar-refractivity contribution in [2.75, 3.05) is 22.6 Å². The Morgan fingerprint density at radius 1 is 0.893 bits per heavy atom. The summed E-state index contributed by atoms with van der Waals surface area (Å²) in [6.07, 6.45) is 0. The van der Waals surface area contributed by atoms with E-state index in [0.29, 0.717) is 21.9 Å². The van der Waals surface area contributed by atoms with Gasteiger partial charge in [0.1, 0.15) is 5.00 Å². The van der Waals surface area contributed by atoms with E-state index >= 15 is 0 Å². The second-order valence-corrected chi connectivity index (χ2v) is 7.28. The van der Waals surface area contributed by atoms with Crippen molar-refractivity contribution in [3.8, 4) is 0 Å². The van der Waals surface area contributed by atoms with Crippen LogP contribution in [0.3, 0.4) is 0 Å². The average molecular weight is 403 g/mol. The van der Waals surface area contributed by atoms with Gasteiger partial charge in [0.25, 0.3) is 5.91 Å². The third-order valence-corrected chi connectivity index (χ3v) is 4.83. The van der Waals surface area contributed by atoms with Crippen LogP contribution in [0.1, 0.15) is 34.6 Å². The molecule has 0 aliphatic heterocycles.